The highest BCUT2D eigenvalue weighted by Gasteiger charge is 2.36. The second-order valence-corrected chi connectivity index (χ2v) is 8.80. The average Bonchev–Trinajstić information content (AvgIpc) is 3.21. The molecule has 4 rings (SSSR count). The van der Waals surface area contributed by atoms with E-state index in [0.29, 0.717) is 17.9 Å². The Kier molecular flexibility index (Phi) is 6.18. The molecule has 32 heavy (non-hydrogen) atoms. The van der Waals surface area contributed by atoms with Crippen LogP contribution in [0.25, 0.3) is 10.2 Å². The van der Waals surface area contributed by atoms with Gasteiger partial charge in [0.25, 0.3) is 5.91 Å². The molecule has 0 radical (unpaired) electrons. The molecule has 162 valence electrons. The van der Waals surface area contributed by atoms with E-state index in [0.717, 1.165) is 20.8 Å². The van der Waals surface area contributed by atoms with Gasteiger partial charge in [-0.25, -0.2) is 4.98 Å². The fourth-order valence-corrected chi connectivity index (χ4v) is 4.60. The zero-order valence-electron chi connectivity index (χ0n) is 17.6. The monoisotopic (exact) mass is 445 g/mol. The first-order valence-corrected chi connectivity index (χ1v) is 11.0. The number of carbonyl (C=O) groups is 2. The third kappa shape index (κ3) is 4.78. The highest BCUT2D eigenvalue weighted by molar-refractivity contribution is 7.18. The molecule has 0 spiro atoms. The lowest BCUT2D eigenvalue weighted by atomic mass is 9.78. The van der Waals surface area contributed by atoms with E-state index in [4.69, 9.17) is 15.5 Å². The van der Waals surface area contributed by atoms with Crippen LogP contribution in [0, 0.1) is 0 Å². The number of amides is 2. The quantitative estimate of drug-likeness (QED) is 0.423. The molecule has 0 bridgehead atoms. The van der Waals surface area contributed by atoms with Crippen molar-refractivity contribution in [2.24, 2.45) is 5.73 Å². The molecule has 0 fully saturated rings. The molecule has 0 saturated carbocycles. The number of anilines is 1. The molecule has 0 aliphatic heterocycles. The standard InChI is InChI=1S/C25H23N3O3S/c1-25(17-7-3-2-4-8-17,15-23-28-20-9-5-6-10-21(20)32-23)24(30)27-18-11-13-19(14-12-18)31-16-22(26)29/h2-14H,15-16H2,1H3,(H2,26,29)(H,27,30). The minimum atomic E-state index is -0.823. The zero-order chi connectivity index (χ0) is 22.6. The summed E-state index contributed by atoms with van der Waals surface area (Å²) in [6.07, 6.45) is 0.474. The summed E-state index contributed by atoms with van der Waals surface area (Å²) in [6.45, 7) is 1.74. The lowest BCUT2D eigenvalue weighted by Gasteiger charge is -2.28. The van der Waals surface area contributed by atoms with E-state index in [2.05, 4.69) is 5.32 Å². The molecule has 1 aromatic heterocycles. The van der Waals surface area contributed by atoms with Crippen LogP contribution in [0.15, 0.2) is 78.9 Å². The second-order valence-electron chi connectivity index (χ2n) is 7.68. The molecule has 1 unspecified atom stereocenters. The van der Waals surface area contributed by atoms with Crippen LogP contribution in [-0.2, 0) is 21.4 Å². The summed E-state index contributed by atoms with van der Waals surface area (Å²) in [4.78, 5) is 29.1. The molecular weight excluding hydrogens is 422 g/mol. The molecule has 1 atom stereocenters. The predicted octanol–water partition coefficient (Wildman–Crippen LogP) is 4.30. The Balaban J connectivity index is 1.58. The number of thiazole rings is 1. The molecule has 1 heterocycles. The van der Waals surface area contributed by atoms with Crippen LogP contribution in [0.1, 0.15) is 17.5 Å². The van der Waals surface area contributed by atoms with Gasteiger partial charge in [-0.2, -0.15) is 0 Å². The summed E-state index contributed by atoms with van der Waals surface area (Å²) in [5, 5.41) is 3.92. The number of rotatable bonds is 8. The lowest BCUT2D eigenvalue weighted by molar-refractivity contribution is -0.121. The number of aromatic nitrogens is 1. The first-order chi connectivity index (χ1) is 15.4. The highest BCUT2D eigenvalue weighted by atomic mass is 32.1. The average molecular weight is 446 g/mol. The number of nitrogens with two attached hydrogens (primary N) is 1. The van der Waals surface area contributed by atoms with Crippen molar-refractivity contribution in [3.63, 3.8) is 0 Å². The Morgan fingerprint density at radius 2 is 1.69 bits per heavy atom. The first kappa shape index (κ1) is 21.5. The third-order valence-corrected chi connectivity index (χ3v) is 6.28. The van der Waals surface area contributed by atoms with Crippen molar-refractivity contribution in [1.29, 1.82) is 0 Å². The van der Waals surface area contributed by atoms with Gasteiger partial charge in [0, 0.05) is 12.1 Å². The van der Waals surface area contributed by atoms with Gasteiger partial charge in [0.15, 0.2) is 6.61 Å². The van der Waals surface area contributed by atoms with Gasteiger partial charge in [-0.05, 0) is 48.9 Å². The van der Waals surface area contributed by atoms with E-state index >= 15 is 0 Å². The molecule has 3 aromatic carbocycles. The Morgan fingerprint density at radius 1 is 1.00 bits per heavy atom. The molecule has 7 heteroatoms. The smallest absolute Gasteiger partial charge is 0.255 e. The fraction of sp³-hybridized carbons (Fsp3) is 0.160. The van der Waals surface area contributed by atoms with Gasteiger partial charge < -0.3 is 15.8 Å². The van der Waals surface area contributed by atoms with Gasteiger partial charge in [-0.1, -0.05) is 42.5 Å². The van der Waals surface area contributed by atoms with Gasteiger partial charge >= 0.3 is 0 Å². The number of para-hydroxylation sites is 1. The van der Waals surface area contributed by atoms with Crippen LogP contribution >= 0.6 is 11.3 Å². The Hall–Kier alpha value is -3.71. The summed E-state index contributed by atoms with van der Waals surface area (Å²) < 4.78 is 6.38. The van der Waals surface area contributed by atoms with E-state index in [1.165, 1.54) is 0 Å². The van der Waals surface area contributed by atoms with Crippen molar-refractivity contribution in [2.45, 2.75) is 18.8 Å². The highest BCUT2D eigenvalue weighted by Crippen LogP contribution is 2.33. The van der Waals surface area contributed by atoms with Gasteiger partial charge in [0.2, 0.25) is 5.91 Å². The number of fused-ring (bicyclic) bond motifs is 1. The van der Waals surface area contributed by atoms with Crippen LogP contribution < -0.4 is 15.8 Å². The number of nitrogens with one attached hydrogen (secondary N) is 1. The van der Waals surface area contributed by atoms with Crippen molar-refractivity contribution in [3.05, 3.63) is 89.4 Å². The van der Waals surface area contributed by atoms with Crippen LogP contribution in [0.3, 0.4) is 0 Å². The number of carbonyl (C=O) groups excluding carboxylic acids is 2. The number of ether oxygens (including phenoxy) is 1. The minimum Gasteiger partial charge on any atom is -0.484 e. The van der Waals surface area contributed by atoms with Crippen molar-refractivity contribution >= 4 is 39.1 Å². The molecule has 0 aliphatic carbocycles. The molecule has 2 amide bonds. The van der Waals surface area contributed by atoms with E-state index in [-0.39, 0.29) is 12.5 Å². The van der Waals surface area contributed by atoms with Gasteiger partial charge in [0.05, 0.1) is 20.6 Å². The fourth-order valence-electron chi connectivity index (χ4n) is 3.48. The van der Waals surface area contributed by atoms with Crippen LogP contribution in [0.5, 0.6) is 5.75 Å². The number of hydrogen-bond acceptors (Lipinski definition) is 5. The van der Waals surface area contributed by atoms with Crippen molar-refractivity contribution in [1.82, 2.24) is 4.98 Å². The summed E-state index contributed by atoms with van der Waals surface area (Å²) in [5.41, 5.74) is 6.77. The predicted molar refractivity (Wildman–Crippen MR) is 127 cm³/mol. The van der Waals surface area contributed by atoms with Crippen molar-refractivity contribution in [3.8, 4) is 5.75 Å². The zero-order valence-corrected chi connectivity index (χ0v) is 18.4. The van der Waals surface area contributed by atoms with Gasteiger partial charge in [-0.3, -0.25) is 9.59 Å². The molecular formula is C25H23N3O3S. The van der Waals surface area contributed by atoms with Crippen LogP contribution in [0.4, 0.5) is 5.69 Å². The SMILES string of the molecule is CC(Cc1nc2ccccc2s1)(C(=O)Nc1ccc(OCC(N)=O)cc1)c1ccccc1. The van der Waals surface area contributed by atoms with Crippen molar-refractivity contribution in [2.75, 3.05) is 11.9 Å². The Bertz CT molecular complexity index is 1210. The lowest BCUT2D eigenvalue weighted by Crippen LogP contribution is -2.39. The van der Waals surface area contributed by atoms with Crippen LogP contribution in [-0.4, -0.2) is 23.4 Å². The van der Waals surface area contributed by atoms with Gasteiger partial charge in [0.1, 0.15) is 5.75 Å². The molecule has 0 saturated heterocycles. The Morgan fingerprint density at radius 3 is 2.38 bits per heavy atom. The first-order valence-electron chi connectivity index (χ1n) is 10.2. The second kappa shape index (κ2) is 9.20. The Labute approximate surface area is 190 Å². The third-order valence-electron chi connectivity index (χ3n) is 5.25. The maximum Gasteiger partial charge on any atom is 0.255 e. The van der Waals surface area contributed by atoms with E-state index < -0.39 is 11.3 Å². The summed E-state index contributed by atoms with van der Waals surface area (Å²) in [5.74, 6) is -0.174. The molecule has 3 N–H and O–H groups in total. The number of nitrogens with zero attached hydrogens (tertiary/aromatic N) is 1. The summed E-state index contributed by atoms with van der Waals surface area (Å²) >= 11 is 1.61. The molecule has 6 nitrogen and oxygen atoms in total. The van der Waals surface area contributed by atoms with E-state index in [9.17, 15) is 9.59 Å². The number of hydrogen-bond donors (Lipinski definition) is 2. The van der Waals surface area contributed by atoms with Gasteiger partial charge in [-0.15, -0.1) is 11.3 Å². The molecule has 0 aliphatic rings. The normalized spacial score (nSPS) is 12.8. The van der Waals surface area contributed by atoms with E-state index in [1.807, 2.05) is 61.5 Å². The van der Waals surface area contributed by atoms with Crippen LogP contribution in [0.2, 0.25) is 0 Å². The maximum atomic E-state index is 13.5. The van der Waals surface area contributed by atoms with E-state index in [1.54, 1.807) is 35.6 Å². The molecule has 4 aromatic rings. The number of benzene rings is 3. The summed E-state index contributed by atoms with van der Waals surface area (Å²) in [7, 11) is 0. The topological polar surface area (TPSA) is 94.3 Å². The maximum absolute atomic E-state index is 13.5. The summed E-state index contributed by atoms with van der Waals surface area (Å²) in [6, 6.07) is 24.6. The van der Waals surface area contributed by atoms with Crippen molar-refractivity contribution < 1.29 is 14.3 Å². The number of primary amides is 1. The largest absolute Gasteiger partial charge is 0.484 e. The minimum absolute atomic E-state index is 0.131.